The summed E-state index contributed by atoms with van der Waals surface area (Å²) in [7, 11) is -3.72. The van der Waals surface area contributed by atoms with Gasteiger partial charge in [0.2, 0.25) is 10.0 Å². The van der Waals surface area contributed by atoms with Crippen molar-refractivity contribution in [3.05, 3.63) is 0 Å². The second-order valence-corrected chi connectivity index (χ2v) is 7.46. The van der Waals surface area contributed by atoms with Crippen LogP contribution in [0.5, 0.6) is 0 Å². The molecule has 1 rings (SSSR count). The lowest BCUT2D eigenvalue weighted by Gasteiger charge is -2.37. The SMILES string of the molecule is CC1CCC(C(C)C)C(NS(=O)(=O)CC(=O)O)C1. The third-order valence-corrected chi connectivity index (χ3v) is 4.96. The van der Waals surface area contributed by atoms with Crippen LogP contribution in [0.2, 0.25) is 0 Å². The number of hydrogen-bond acceptors (Lipinski definition) is 3. The van der Waals surface area contributed by atoms with Crippen LogP contribution in [0.4, 0.5) is 0 Å². The van der Waals surface area contributed by atoms with Crippen LogP contribution in [0, 0.1) is 17.8 Å². The van der Waals surface area contributed by atoms with E-state index in [1.165, 1.54) is 0 Å². The third kappa shape index (κ3) is 4.57. The molecule has 0 bridgehead atoms. The molecule has 18 heavy (non-hydrogen) atoms. The molecule has 0 aliphatic heterocycles. The molecule has 0 aromatic carbocycles. The zero-order valence-corrected chi connectivity index (χ0v) is 12.0. The molecule has 0 aromatic heterocycles. The lowest BCUT2D eigenvalue weighted by molar-refractivity contribution is -0.134. The summed E-state index contributed by atoms with van der Waals surface area (Å²) in [5.74, 6) is -0.979. The summed E-state index contributed by atoms with van der Waals surface area (Å²) in [5.41, 5.74) is 0. The first-order valence-corrected chi connectivity index (χ1v) is 8.08. The Bertz CT molecular complexity index is 391. The molecule has 6 heteroatoms. The molecule has 0 saturated heterocycles. The summed E-state index contributed by atoms with van der Waals surface area (Å²) >= 11 is 0. The van der Waals surface area contributed by atoms with E-state index >= 15 is 0 Å². The van der Waals surface area contributed by atoms with E-state index in [9.17, 15) is 13.2 Å². The molecule has 0 radical (unpaired) electrons. The maximum Gasteiger partial charge on any atom is 0.320 e. The largest absolute Gasteiger partial charge is 0.480 e. The minimum absolute atomic E-state index is 0.127. The molecule has 1 saturated carbocycles. The Balaban J connectivity index is 2.74. The minimum atomic E-state index is -3.72. The van der Waals surface area contributed by atoms with Crippen LogP contribution in [0.1, 0.15) is 40.0 Å². The number of carboxylic acid groups (broad SMARTS) is 1. The van der Waals surface area contributed by atoms with Crippen LogP contribution in [-0.4, -0.2) is 31.3 Å². The highest BCUT2D eigenvalue weighted by Crippen LogP contribution is 2.33. The molecule has 0 spiro atoms. The van der Waals surface area contributed by atoms with Crippen molar-refractivity contribution in [2.45, 2.75) is 46.1 Å². The molecule has 1 aliphatic carbocycles. The van der Waals surface area contributed by atoms with Crippen molar-refractivity contribution >= 4 is 16.0 Å². The Hall–Kier alpha value is -0.620. The second kappa shape index (κ2) is 6.02. The zero-order chi connectivity index (χ0) is 13.9. The van der Waals surface area contributed by atoms with Crippen LogP contribution < -0.4 is 4.72 Å². The molecule has 3 unspecified atom stereocenters. The molecule has 2 N–H and O–H groups in total. The highest BCUT2D eigenvalue weighted by molar-refractivity contribution is 7.90. The standard InChI is InChI=1S/C12H23NO4S/c1-8(2)10-5-4-9(3)6-11(10)13-18(16,17)7-12(14)15/h8-11,13H,4-7H2,1-3H3,(H,14,15). The van der Waals surface area contributed by atoms with Crippen LogP contribution in [0.3, 0.4) is 0 Å². The Labute approximate surface area is 109 Å². The fraction of sp³-hybridized carbons (Fsp3) is 0.917. The first-order chi connectivity index (χ1) is 8.21. The fourth-order valence-corrected chi connectivity index (χ4v) is 3.91. The number of carbonyl (C=O) groups is 1. The number of hydrogen-bond donors (Lipinski definition) is 2. The average Bonchev–Trinajstić information content (AvgIpc) is 2.13. The summed E-state index contributed by atoms with van der Waals surface area (Å²) in [6.45, 7) is 6.27. The topological polar surface area (TPSA) is 83.5 Å². The molecule has 5 nitrogen and oxygen atoms in total. The van der Waals surface area contributed by atoms with Crippen LogP contribution in [0.15, 0.2) is 0 Å². The first-order valence-electron chi connectivity index (χ1n) is 6.43. The van der Waals surface area contributed by atoms with Crippen LogP contribution >= 0.6 is 0 Å². The van der Waals surface area contributed by atoms with Crippen molar-refractivity contribution < 1.29 is 18.3 Å². The van der Waals surface area contributed by atoms with Gasteiger partial charge in [0.1, 0.15) is 0 Å². The smallest absolute Gasteiger partial charge is 0.320 e. The van der Waals surface area contributed by atoms with Gasteiger partial charge in [-0.3, -0.25) is 4.79 Å². The normalized spacial score (nSPS) is 29.4. The van der Waals surface area contributed by atoms with E-state index in [1.54, 1.807) is 0 Å². The third-order valence-electron chi connectivity index (χ3n) is 3.67. The highest BCUT2D eigenvalue weighted by atomic mass is 32.2. The minimum Gasteiger partial charge on any atom is -0.480 e. The number of rotatable bonds is 5. The van der Waals surface area contributed by atoms with Crippen molar-refractivity contribution in [1.29, 1.82) is 0 Å². The lowest BCUT2D eigenvalue weighted by Crippen LogP contribution is -2.47. The zero-order valence-electron chi connectivity index (χ0n) is 11.2. The molecular formula is C12H23NO4S. The Morgan fingerprint density at radius 3 is 2.50 bits per heavy atom. The molecule has 0 heterocycles. The monoisotopic (exact) mass is 277 g/mol. The number of sulfonamides is 1. The van der Waals surface area contributed by atoms with Gasteiger partial charge in [0, 0.05) is 6.04 Å². The van der Waals surface area contributed by atoms with Gasteiger partial charge in [-0.05, 0) is 30.6 Å². The first kappa shape index (κ1) is 15.4. The van der Waals surface area contributed by atoms with E-state index in [-0.39, 0.29) is 6.04 Å². The molecule has 106 valence electrons. The Morgan fingerprint density at radius 2 is 2.00 bits per heavy atom. The summed E-state index contributed by atoms with van der Waals surface area (Å²) in [4.78, 5) is 10.5. The van der Waals surface area contributed by atoms with Crippen molar-refractivity contribution in [1.82, 2.24) is 4.72 Å². The van der Waals surface area contributed by atoms with Gasteiger partial charge >= 0.3 is 5.97 Å². The summed E-state index contributed by atoms with van der Waals surface area (Å²) < 4.78 is 26.0. The van der Waals surface area contributed by atoms with E-state index in [1.807, 2.05) is 0 Å². The van der Waals surface area contributed by atoms with E-state index in [4.69, 9.17) is 5.11 Å². The number of nitrogens with one attached hydrogen (secondary N) is 1. The molecule has 3 atom stereocenters. The maximum absolute atomic E-state index is 11.7. The lowest BCUT2D eigenvalue weighted by atomic mass is 9.74. The maximum atomic E-state index is 11.7. The van der Waals surface area contributed by atoms with E-state index < -0.39 is 21.7 Å². The van der Waals surface area contributed by atoms with Gasteiger partial charge in [-0.25, -0.2) is 13.1 Å². The van der Waals surface area contributed by atoms with Gasteiger partial charge in [0.25, 0.3) is 0 Å². The molecule has 1 fully saturated rings. The van der Waals surface area contributed by atoms with Crippen molar-refractivity contribution in [3.8, 4) is 0 Å². The van der Waals surface area contributed by atoms with Gasteiger partial charge < -0.3 is 5.11 Å². The quantitative estimate of drug-likeness (QED) is 0.796. The highest BCUT2D eigenvalue weighted by Gasteiger charge is 2.33. The molecule has 0 amide bonds. The molecule has 0 aromatic rings. The Kier molecular flexibility index (Phi) is 5.16. The van der Waals surface area contributed by atoms with Crippen LogP contribution in [0.25, 0.3) is 0 Å². The van der Waals surface area contributed by atoms with Crippen molar-refractivity contribution in [2.24, 2.45) is 17.8 Å². The van der Waals surface area contributed by atoms with Gasteiger partial charge in [0.15, 0.2) is 5.75 Å². The predicted octanol–water partition coefficient (Wildman–Crippen LogP) is 1.45. The average molecular weight is 277 g/mol. The van der Waals surface area contributed by atoms with Gasteiger partial charge in [-0.2, -0.15) is 0 Å². The number of aliphatic carboxylic acids is 1. The molecular weight excluding hydrogens is 254 g/mol. The van der Waals surface area contributed by atoms with E-state index in [2.05, 4.69) is 25.5 Å². The van der Waals surface area contributed by atoms with E-state index in [0.29, 0.717) is 17.8 Å². The van der Waals surface area contributed by atoms with Gasteiger partial charge in [-0.1, -0.05) is 27.2 Å². The fourth-order valence-electron chi connectivity index (χ4n) is 2.77. The Morgan fingerprint density at radius 1 is 1.39 bits per heavy atom. The van der Waals surface area contributed by atoms with E-state index in [0.717, 1.165) is 19.3 Å². The van der Waals surface area contributed by atoms with Crippen LogP contribution in [-0.2, 0) is 14.8 Å². The molecule has 1 aliphatic rings. The van der Waals surface area contributed by atoms with Gasteiger partial charge in [-0.15, -0.1) is 0 Å². The second-order valence-electron chi connectivity index (χ2n) is 5.70. The predicted molar refractivity (Wildman–Crippen MR) is 69.7 cm³/mol. The summed E-state index contributed by atoms with van der Waals surface area (Å²) in [5, 5.41) is 8.59. The van der Waals surface area contributed by atoms with Crippen molar-refractivity contribution in [3.63, 3.8) is 0 Å². The number of carboxylic acids is 1. The summed E-state index contributed by atoms with van der Waals surface area (Å²) in [6, 6.07) is -0.127. The van der Waals surface area contributed by atoms with Gasteiger partial charge in [0.05, 0.1) is 0 Å². The van der Waals surface area contributed by atoms with Crippen molar-refractivity contribution in [2.75, 3.05) is 5.75 Å². The summed E-state index contributed by atoms with van der Waals surface area (Å²) in [6.07, 6.45) is 2.90.